The zero-order chi connectivity index (χ0) is 26.1. The van der Waals surface area contributed by atoms with Gasteiger partial charge in [-0.15, -0.1) is 0 Å². The number of carbonyl (C=O) groups is 2. The van der Waals surface area contributed by atoms with Gasteiger partial charge in [-0.1, -0.05) is 0 Å². The molecule has 4 rings (SSSR count). The zero-order valence-corrected chi connectivity index (χ0v) is 20.8. The molecule has 0 radical (unpaired) electrons. The maximum atomic E-state index is 13.9. The number of nitrogens with zero attached hydrogens (tertiary/aromatic N) is 7. The smallest absolute Gasteiger partial charge is 0.236 e. The van der Waals surface area contributed by atoms with Gasteiger partial charge in [0.15, 0.2) is 6.29 Å². The number of likely N-dealkylation sites (N-methyl/N-ethyl adjacent to an activating group) is 2. The second-order valence-electron chi connectivity index (χ2n) is 8.72. The van der Waals surface area contributed by atoms with Crippen LogP contribution in [0.15, 0.2) is 29.4 Å². The summed E-state index contributed by atoms with van der Waals surface area (Å²) in [7, 11) is 4.12. The predicted octanol–water partition coefficient (Wildman–Crippen LogP) is 1.23. The average Bonchev–Trinajstić information content (AvgIpc) is 2.86. The number of carbonyl (C=O) groups excluding carboxylic acids is 2. The minimum atomic E-state index is -0.688. The summed E-state index contributed by atoms with van der Waals surface area (Å²) in [6.45, 7) is 8.45. The summed E-state index contributed by atoms with van der Waals surface area (Å²) in [6.07, 6.45) is 1.73. The quantitative estimate of drug-likeness (QED) is 0.282. The molecule has 10 nitrogen and oxygen atoms in total. The van der Waals surface area contributed by atoms with E-state index < -0.39 is 11.9 Å². The Morgan fingerprint density at radius 3 is 1.67 bits per heavy atom. The molecule has 2 aliphatic rings. The maximum absolute atomic E-state index is 13.9. The molecule has 194 valence electrons. The van der Waals surface area contributed by atoms with Crippen LogP contribution in [0.5, 0.6) is 0 Å². The van der Waals surface area contributed by atoms with Gasteiger partial charge in [0.05, 0.1) is 11.8 Å². The molecule has 2 saturated heterocycles. The number of hydrazone groups is 1. The van der Waals surface area contributed by atoms with Crippen LogP contribution in [-0.2, 0) is 4.79 Å². The van der Waals surface area contributed by atoms with Crippen LogP contribution in [0.25, 0.3) is 0 Å². The second-order valence-corrected chi connectivity index (χ2v) is 8.72. The highest BCUT2D eigenvalue weighted by molar-refractivity contribution is 5.81. The van der Waals surface area contributed by atoms with Crippen LogP contribution in [0.1, 0.15) is 22.8 Å². The molecule has 12 heteroatoms. The lowest BCUT2D eigenvalue weighted by molar-refractivity contribution is -0.118. The first-order valence-corrected chi connectivity index (χ1v) is 11.7. The zero-order valence-electron chi connectivity index (χ0n) is 20.8. The Kier molecular flexibility index (Phi) is 9.77. The Morgan fingerprint density at radius 2 is 1.28 bits per heavy atom. The SMILES string of the molecule is CC(=O)NN=Cc1ccc(N2CCN(C)CC2)nc1F.CN1CCN(c2ccc(C=O)c(F)n2)CC1. The summed E-state index contributed by atoms with van der Waals surface area (Å²) in [5, 5.41) is 3.63. The molecule has 36 heavy (non-hydrogen) atoms. The van der Waals surface area contributed by atoms with E-state index in [9.17, 15) is 18.4 Å². The van der Waals surface area contributed by atoms with Gasteiger partial charge in [-0.3, -0.25) is 9.59 Å². The summed E-state index contributed by atoms with van der Waals surface area (Å²) in [5.74, 6) is -0.339. The minimum absolute atomic E-state index is 0.0119. The van der Waals surface area contributed by atoms with Crippen LogP contribution in [0, 0.1) is 11.9 Å². The maximum Gasteiger partial charge on any atom is 0.236 e. The van der Waals surface area contributed by atoms with E-state index in [0.717, 1.165) is 52.4 Å². The molecule has 1 amide bonds. The number of hydrogen-bond donors (Lipinski definition) is 1. The largest absolute Gasteiger partial charge is 0.354 e. The molecule has 0 saturated carbocycles. The Morgan fingerprint density at radius 1 is 0.833 bits per heavy atom. The van der Waals surface area contributed by atoms with Crippen LogP contribution < -0.4 is 15.2 Å². The molecular formula is C24H32F2N8O2. The highest BCUT2D eigenvalue weighted by Gasteiger charge is 2.17. The molecule has 2 aliphatic heterocycles. The van der Waals surface area contributed by atoms with Crippen LogP contribution in [0.2, 0.25) is 0 Å². The van der Waals surface area contributed by atoms with Gasteiger partial charge in [0.2, 0.25) is 17.8 Å². The lowest BCUT2D eigenvalue weighted by atomic mass is 10.2. The number of amides is 1. The number of nitrogens with one attached hydrogen (secondary N) is 1. The topological polar surface area (TPSA) is 97.3 Å². The van der Waals surface area contributed by atoms with E-state index in [1.54, 1.807) is 18.2 Å². The first-order valence-electron chi connectivity index (χ1n) is 11.7. The molecule has 0 unspecified atom stereocenters. The minimum Gasteiger partial charge on any atom is -0.354 e. The third-order valence-electron chi connectivity index (χ3n) is 5.93. The van der Waals surface area contributed by atoms with Crippen LogP contribution in [0.4, 0.5) is 20.4 Å². The van der Waals surface area contributed by atoms with Gasteiger partial charge in [0, 0.05) is 64.8 Å². The van der Waals surface area contributed by atoms with Crippen molar-refractivity contribution in [2.45, 2.75) is 6.92 Å². The van der Waals surface area contributed by atoms with Crippen LogP contribution in [-0.4, -0.2) is 105 Å². The number of aromatic nitrogens is 2. The molecule has 1 N–H and O–H groups in total. The van der Waals surface area contributed by atoms with E-state index in [0.29, 0.717) is 17.9 Å². The van der Waals surface area contributed by atoms with Crippen LogP contribution in [0.3, 0.4) is 0 Å². The van der Waals surface area contributed by atoms with Crippen LogP contribution >= 0.6 is 0 Å². The van der Waals surface area contributed by atoms with Crippen molar-refractivity contribution in [3.8, 4) is 0 Å². The summed E-state index contributed by atoms with van der Waals surface area (Å²) < 4.78 is 27.2. The van der Waals surface area contributed by atoms with Gasteiger partial charge in [-0.25, -0.2) is 15.4 Å². The molecule has 0 bridgehead atoms. The fraction of sp³-hybridized carbons (Fsp3) is 0.458. The summed E-state index contributed by atoms with van der Waals surface area (Å²) in [5.41, 5.74) is 2.48. The first-order chi connectivity index (χ1) is 17.3. The number of aldehydes is 1. The Bertz CT molecular complexity index is 1070. The second kappa shape index (κ2) is 13.0. The highest BCUT2D eigenvalue weighted by Crippen LogP contribution is 2.16. The molecule has 0 aromatic carbocycles. The fourth-order valence-corrected chi connectivity index (χ4v) is 3.67. The van der Waals surface area contributed by atoms with Crippen molar-refractivity contribution in [2.75, 3.05) is 76.3 Å². The number of piperazine rings is 2. The van der Waals surface area contributed by atoms with Gasteiger partial charge in [0.25, 0.3) is 0 Å². The van der Waals surface area contributed by atoms with Crippen molar-refractivity contribution in [3.63, 3.8) is 0 Å². The van der Waals surface area contributed by atoms with E-state index in [2.05, 4.69) is 49.3 Å². The standard InChI is InChI=1S/C13H18FN5O.C11H14FN3O/c1-10(20)17-15-9-11-3-4-12(16-13(11)14)19-7-5-18(2)6-8-19;1-14-4-6-15(7-5-14)10-3-2-9(8-16)11(12)13-10/h3-4,9H,5-8H2,1-2H3,(H,17,20);2-3,8H,4-7H2,1H3. The van der Waals surface area contributed by atoms with Gasteiger partial charge in [0.1, 0.15) is 11.6 Å². The van der Waals surface area contributed by atoms with E-state index in [4.69, 9.17) is 0 Å². The average molecular weight is 503 g/mol. The van der Waals surface area contributed by atoms with Gasteiger partial charge in [-0.2, -0.15) is 13.9 Å². The molecule has 0 aliphatic carbocycles. The fourth-order valence-electron chi connectivity index (χ4n) is 3.67. The third kappa shape index (κ3) is 7.75. The molecule has 4 heterocycles. The van der Waals surface area contributed by atoms with Gasteiger partial charge >= 0.3 is 0 Å². The highest BCUT2D eigenvalue weighted by atomic mass is 19.1. The third-order valence-corrected chi connectivity index (χ3v) is 5.93. The Hall–Kier alpha value is -3.51. The monoisotopic (exact) mass is 502 g/mol. The molecule has 2 aromatic heterocycles. The number of anilines is 2. The summed E-state index contributed by atoms with van der Waals surface area (Å²) >= 11 is 0. The lowest BCUT2D eigenvalue weighted by Gasteiger charge is -2.33. The number of rotatable bonds is 5. The van der Waals surface area contributed by atoms with Gasteiger partial charge < -0.3 is 19.6 Å². The van der Waals surface area contributed by atoms with Crippen molar-refractivity contribution < 1.29 is 18.4 Å². The van der Waals surface area contributed by atoms with E-state index in [1.807, 2.05) is 4.90 Å². The lowest BCUT2D eigenvalue weighted by Crippen LogP contribution is -2.44. The number of hydrogen-bond acceptors (Lipinski definition) is 9. The van der Waals surface area contributed by atoms with Crippen molar-refractivity contribution in [2.24, 2.45) is 5.10 Å². The summed E-state index contributed by atoms with van der Waals surface area (Å²) in [4.78, 5) is 37.4. The van der Waals surface area contributed by atoms with Crippen molar-refractivity contribution >= 4 is 30.0 Å². The molecule has 0 spiro atoms. The summed E-state index contributed by atoms with van der Waals surface area (Å²) in [6, 6.07) is 6.55. The number of pyridine rings is 2. The molecule has 0 atom stereocenters. The van der Waals surface area contributed by atoms with Crippen molar-refractivity contribution in [3.05, 3.63) is 47.3 Å². The predicted molar refractivity (Wildman–Crippen MR) is 135 cm³/mol. The van der Waals surface area contributed by atoms with E-state index in [-0.39, 0.29) is 17.0 Å². The van der Waals surface area contributed by atoms with Gasteiger partial charge in [-0.05, 0) is 38.4 Å². The Balaban J connectivity index is 0.000000205. The van der Waals surface area contributed by atoms with Crippen molar-refractivity contribution in [1.82, 2.24) is 25.2 Å². The van der Waals surface area contributed by atoms with E-state index >= 15 is 0 Å². The number of halogens is 2. The molecular weight excluding hydrogens is 470 g/mol. The Labute approximate surface area is 209 Å². The molecule has 2 fully saturated rings. The first kappa shape index (κ1) is 27.1. The molecule has 2 aromatic rings. The van der Waals surface area contributed by atoms with E-state index in [1.165, 1.54) is 19.2 Å². The van der Waals surface area contributed by atoms with Crippen molar-refractivity contribution in [1.29, 1.82) is 0 Å². The normalized spacial score (nSPS) is 17.0.